The number of nitrogens with one attached hydrogen (secondary N) is 1. The maximum atomic E-state index is 12.7. The van der Waals surface area contributed by atoms with Crippen LogP contribution in [-0.4, -0.2) is 22.0 Å². The molecule has 33 heavy (non-hydrogen) atoms. The van der Waals surface area contributed by atoms with E-state index in [0.29, 0.717) is 17.9 Å². The molecule has 168 valence electrons. The Morgan fingerprint density at radius 1 is 1.06 bits per heavy atom. The van der Waals surface area contributed by atoms with E-state index in [-0.39, 0.29) is 24.2 Å². The highest BCUT2D eigenvalue weighted by molar-refractivity contribution is 6.30. The predicted octanol–water partition coefficient (Wildman–Crippen LogP) is 6.16. The van der Waals surface area contributed by atoms with Gasteiger partial charge in [-0.05, 0) is 72.2 Å². The molecule has 2 aromatic carbocycles. The van der Waals surface area contributed by atoms with E-state index in [2.05, 4.69) is 16.4 Å². The van der Waals surface area contributed by atoms with Gasteiger partial charge in [-0.25, -0.2) is 0 Å². The molecule has 1 fully saturated rings. The van der Waals surface area contributed by atoms with Crippen LogP contribution in [-0.2, 0) is 9.59 Å². The van der Waals surface area contributed by atoms with Crippen LogP contribution >= 0.6 is 11.6 Å². The van der Waals surface area contributed by atoms with Gasteiger partial charge in [0.25, 0.3) is 0 Å². The average molecular weight is 461 g/mol. The minimum Gasteiger partial charge on any atom is -0.481 e. The van der Waals surface area contributed by atoms with Crippen molar-refractivity contribution in [3.8, 4) is 0 Å². The van der Waals surface area contributed by atoms with Gasteiger partial charge in [0.1, 0.15) is 0 Å². The summed E-state index contributed by atoms with van der Waals surface area (Å²) in [6, 6.07) is 19.3. The third-order valence-electron chi connectivity index (χ3n) is 5.80. The smallest absolute Gasteiger partial charge is 0.303 e. The highest BCUT2D eigenvalue weighted by atomic mass is 35.5. The standard InChI is InChI=1S/C27H25ClN2O3/c28-21-11-7-19(8-12-21)24-16-25(24)27(33)30-22-13-9-18(10-14-22)23(5-1-2-6-26(31)32)20-4-3-15-29-17-20/h3-5,7-15,17,24-25H,1-2,6,16H2,(H,30,33)(H,31,32)/b23-5+. The molecule has 1 heterocycles. The number of amides is 1. The Hall–Kier alpha value is -3.44. The molecular weight excluding hydrogens is 436 g/mol. The minimum atomic E-state index is -0.791. The summed E-state index contributed by atoms with van der Waals surface area (Å²) < 4.78 is 0. The van der Waals surface area contributed by atoms with Crippen LogP contribution in [0.1, 0.15) is 48.3 Å². The fraction of sp³-hybridized carbons (Fsp3) is 0.222. The van der Waals surface area contributed by atoms with Crippen molar-refractivity contribution in [2.75, 3.05) is 5.32 Å². The molecule has 1 aliphatic carbocycles. The summed E-state index contributed by atoms with van der Waals surface area (Å²) in [7, 11) is 0. The quantitative estimate of drug-likeness (QED) is 0.374. The summed E-state index contributed by atoms with van der Waals surface area (Å²) in [5, 5.41) is 12.6. The van der Waals surface area contributed by atoms with Crippen LogP contribution in [0.5, 0.6) is 0 Å². The number of halogens is 1. The molecule has 1 aromatic heterocycles. The Labute approximate surface area is 198 Å². The first-order valence-corrected chi connectivity index (χ1v) is 11.4. The number of carboxylic acid groups (broad SMARTS) is 1. The summed E-state index contributed by atoms with van der Waals surface area (Å²) >= 11 is 5.95. The van der Waals surface area contributed by atoms with E-state index >= 15 is 0 Å². The zero-order chi connectivity index (χ0) is 23.2. The Bertz CT molecular complexity index is 1140. The molecule has 0 radical (unpaired) electrons. The SMILES string of the molecule is O=C(O)CCC/C=C(\c1ccc(NC(=O)C2CC2c2ccc(Cl)cc2)cc1)c1cccnc1. The molecule has 0 aliphatic heterocycles. The predicted molar refractivity (Wildman–Crippen MR) is 130 cm³/mol. The monoisotopic (exact) mass is 460 g/mol. The van der Waals surface area contributed by atoms with Gasteiger partial charge in [0.05, 0.1) is 0 Å². The van der Waals surface area contributed by atoms with Crippen molar-refractivity contribution in [1.82, 2.24) is 4.98 Å². The van der Waals surface area contributed by atoms with E-state index in [4.69, 9.17) is 16.7 Å². The van der Waals surface area contributed by atoms with Crippen molar-refractivity contribution in [2.24, 2.45) is 5.92 Å². The number of allylic oxidation sites excluding steroid dienone is 1. The number of rotatable bonds is 9. The number of aliphatic carboxylic acids is 1. The van der Waals surface area contributed by atoms with Gasteiger partial charge in [0.15, 0.2) is 0 Å². The van der Waals surface area contributed by atoms with Gasteiger partial charge in [-0.1, -0.05) is 48.0 Å². The first-order valence-electron chi connectivity index (χ1n) is 11.0. The van der Waals surface area contributed by atoms with Crippen LogP contribution < -0.4 is 5.32 Å². The molecule has 3 aromatic rings. The summed E-state index contributed by atoms with van der Waals surface area (Å²) in [5.41, 5.74) is 4.84. The number of carboxylic acids is 1. The normalized spacial score (nSPS) is 17.4. The van der Waals surface area contributed by atoms with Crippen LogP contribution in [0.15, 0.2) is 79.1 Å². The Morgan fingerprint density at radius 2 is 1.82 bits per heavy atom. The lowest BCUT2D eigenvalue weighted by Gasteiger charge is -2.11. The second-order valence-electron chi connectivity index (χ2n) is 8.21. The first kappa shape index (κ1) is 22.7. The third-order valence-corrected chi connectivity index (χ3v) is 6.06. The van der Waals surface area contributed by atoms with Crippen molar-refractivity contribution in [3.05, 3.63) is 101 Å². The first-order chi connectivity index (χ1) is 16.0. The third kappa shape index (κ3) is 6.08. The molecule has 1 saturated carbocycles. The number of hydrogen-bond acceptors (Lipinski definition) is 3. The molecule has 0 spiro atoms. The number of carbonyl (C=O) groups excluding carboxylic acids is 1. The molecule has 4 rings (SSSR count). The van der Waals surface area contributed by atoms with Crippen molar-refractivity contribution < 1.29 is 14.7 Å². The van der Waals surface area contributed by atoms with Gasteiger partial charge in [0.2, 0.25) is 5.91 Å². The fourth-order valence-corrected chi connectivity index (χ4v) is 4.08. The lowest BCUT2D eigenvalue weighted by molar-refractivity contribution is -0.137. The van der Waals surface area contributed by atoms with Crippen LogP contribution in [0, 0.1) is 5.92 Å². The number of hydrogen-bond donors (Lipinski definition) is 2. The average Bonchev–Trinajstić information content (AvgIpc) is 3.62. The number of aromatic nitrogens is 1. The Kier molecular flexibility index (Phi) is 7.20. The van der Waals surface area contributed by atoms with E-state index < -0.39 is 5.97 Å². The van der Waals surface area contributed by atoms with E-state index in [0.717, 1.165) is 34.4 Å². The zero-order valence-corrected chi connectivity index (χ0v) is 18.8. The Balaban J connectivity index is 1.42. The van der Waals surface area contributed by atoms with Gasteiger partial charge in [0, 0.05) is 41.0 Å². The summed E-state index contributed by atoms with van der Waals surface area (Å²) in [6.45, 7) is 0. The summed E-state index contributed by atoms with van der Waals surface area (Å²) in [6.07, 6.45) is 7.78. The molecule has 2 atom stereocenters. The summed E-state index contributed by atoms with van der Waals surface area (Å²) in [5.74, 6) is -0.543. The van der Waals surface area contributed by atoms with Gasteiger partial charge in [-0.3, -0.25) is 14.6 Å². The van der Waals surface area contributed by atoms with Crippen LogP contribution in [0.4, 0.5) is 5.69 Å². The Morgan fingerprint density at radius 3 is 2.48 bits per heavy atom. The van der Waals surface area contributed by atoms with E-state index in [9.17, 15) is 9.59 Å². The molecule has 0 bridgehead atoms. The van der Waals surface area contributed by atoms with Crippen molar-refractivity contribution in [3.63, 3.8) is 0 Å². The largest absolute Gasteiger partial charge is 0.481 e. The highest BCUT2D eigenvalue weighted by Crippen LogP contribution is 2.48. The molecule has 2 N–H and O–H groups in total. The van der Waals surface area contributed by atoms with E-state index in [1.807, 2.05) is 60.7 Å². The molecular formula is C27H25ClN2O3. The number of unbranched alkanes of at least 4 members (excludes halogenated alkanes) is 1. The molecule has 2 unspecified atom stereocenters. The van der Waals surface area contributed by atoms with E-state index in [1.165, 1.54) is 0 Å². The van der Waals surface area contributed by atoms with E-state index in [1.54, 1.807) is 12.4 Å². The zero-order valence-electron chi connectivity index (χ0n) is 18.1. The molecule has 1 aliphatic rings. The lowest BCUT2D eigenvalue weighted by atomic mass is 9.97. The van der Waals surface area contributed by atoms with Crippen LogP contribution in [0.25, 0.3) is 5.57 Å². The molecule has 5 nitrogen and oxygen atoms in total. The van der Waals surface area contributed by atoms with Crippen molar-refractivity contribution in [2.45, 2.75) is 31.6 Å². The number of anilines is 1. The number of benzene rings is 2. The maximum Gasteiger partial charge on any atom is 0.303 e. The van der Waals surface area contributed by atoms with Gasteiger partial charge >= 0.3 is 5.97 Å². The topological polar surface area (TPSA) is 79.3 Å². The second kappa shape index (κ2) is 10.5. The number of pyridine rings is 1. The highest BCUT2D eigenvalue weighted by Gasteiger charge is 2.43. The summed E-state index contributed by atoms with van der Waals surface area (Å²) in [4.78, 5) is 27.7. The van der Waals surface area contributed by atoms with Crippen molar-refractivity contribution >= 4 is 34.7 Å². The second-order valence-corrected chi connectivity index (χ2v) is 8.65. The maximum absolute atomic E-state index is 12.7. The molecule has 0 saturated heterocycles. The molecule has 6 heteroatoms. The molecule has 1 amide bonds. The number of carbonyl (C=O) groups is 2. The van der Waals surface area contributed by atoms with Crippen molar-refractivity contribution in [1.29, 1.82) is 0 Å². The van der Waals surface area contributed by atoms with Gasteiger partial charge in [-0.15, -0.1) is 0 Å². The fourth-order valence-electron chi connectivity index (χ4n) is 3.96. The van der Waals surface area contributed by atoms with Gasteiger partial charge in [-0.2, -0.15) is 0 Å². The minimum absolute atomic E-state index is 0.0223. The lowest BCUT2D eigenvalue weighted by Crippen LogP contribution is -2.14. The number of nitrogens with zero attached hydrogens (tertiary/aromatic N) is 1. The van der Waals surface area contributed by atoms with Gasteiger partial charge < -0.3 is 10.4 Å². The van der Waals surface area contributed by atoms with Crippen LogP contribution in [0.3, 0.4) is 0 Å². The van der Waals surface area contributed by atoms with Crippen LogP contribution in [0.2, 0.25) is 5.02 Å².